The Morgan fingerprint density at radius 3 is 2.79 bits per heavy atom. The molecule has 2 aromatic carbocycles. The third-order valence-corrected chi connectivity index (χ3v) is 5.56. The molecule has 0 bridgehead atoms. The topological polar surface area (TPSA) is 106 Å². The van der Waals surface area contributed by atoms with Gasteiger partial charge < -0.3 is 20.3 Å². The van der Waals surface area contributed by atoms with E-state index in [2.05, 4.69) is 6.07 Å². The number of amidine groups is 1. The fourth-order valence-electron chi connectivity index (χ4n) is 4.16. The number of ether oxygens (including phenoxy) is 2. The summed E-state index contributed by atoms with van der Waals surface area (Å²) in [4.78, 5) is 11.1. The van der Waals surface area contributed by atoms with Gasteiger partial charge in [-0.25, -0.2) is 0 Å². The van der Waals surface area contributed by atoms with E-state index < -0.39 is 12.2 Å². The van der Waals surface area contributed by atoms with Crippen molar-refractivity contribution in [3.8, 4) is 16.9 Å². The number of methoxy groups -OCH3 is 1. The Hall–Kier alpha value is -2.86. The fourth-order valence-corrected chi connectivity index (χ4v) is 4.16. The van der Waals surface area contributed by atoms with Crippen molar-refractivity contribution in [1.82, 2.24) is 0 Å². The molecule has 1 aliphatic rings. The van der Waals surface area contributed by atoms with Gasteiger partial charge in [0.15, 0.2) is 0 Å². The number of aliphatic hydroxyl groups is 1. The van der Waals surface area contributed by atoms with E-state index in [1.807, 2.05) is 36.4 Å². The van der Waals surface area contributed by atoms with Crippen molar-refractivity contribution < 1.29 is 19.4 Å². The zero-order chi connectivity index (χ0) is 20.8. The first kappa shape index (κ1) is 20.9. The number of carbonyl (C=O) groups is 1. The predicted octanol–water partition coefficient (Wildman–Crippen LogP) is 3.40. The minimum absolute atomic E-state index is 0.161. The number of unbranched alkanes of at least 4 members (excludes halogenated alkanes) is 1. The SMILES string of the molecule is COc1cccc(-c2ccc3c(c2)CC(O)C3C(CCCCC(=N)N)OC=O)c1. The summed E-state index contributed by atoms with van der Waals surface area (Å²) >= 11 is 0. The Morgan fingerprint density at radius 1 is 1.28 bits per heavy atom. The van der Waals surface area contributed by atoms with Crippen LogP contribution in [0.25, 0.3) is 11.1 Å². The Bertz CT molecular complexity index is 868. The molecule has 29 heavy (non-hydrogen) atoms. The molecule has 4 N–H and O–H groups in total. The van der Waals surface area contributed by atoms with Crippen molar-refractivity contribution >= 4 is 12.3 Å². The van der Waals surface area contributed by atoms with E-state index in [9.17, 15) is 9.90 Å². The highest BCUT2D eigenvalue weighted by atomic mass is 16.5. The molecule has 0 saturated heterocycles. The van der Waals surface area contributed by atoms with Gasteiger partial charge in [0.2, 0.25) is 0 Å². The molecule has 154 valence electrons. The average molecular weight is 396 g/mol. The van der Waals surface area contributed by atoms with Crippen molar-refractivity contribution in [2.45, 2.75) is 50.2 Å². The number of hydrogen-bond acceptors (Lipinski definition) is 5. The summed E-state index contributed by atoms with van der Waals surface area (Å²) in [5.74, 6) is 0.715. The quantitative estimate of drug-likeness (QED) is 0.247. The number of aliphatic hydroxyl groups excluding tert-OH is 1. The van der Waals surface area contributed by atoms with Gasteiger partial charge in [0, 0.05) is 12.3 Å². The maximum Gasteiger partial charge on any atom is 0.293 e. The van der Waals surface area contributed by atoms with E-state index in [1.165, 1.54) is 0 Å². The molecule has 3 rings (SSSR count). The van der Waals surface area contributed by atoms with Gasteiger partial charge in [-0.2, -0.15) is 0 Å². The van der Waals surface area contributed by atoms with Crippen LogP contribution < -0.4 is 10.5 Å². The summed E-state index contributed by atoms with van der Waals surface area (Å²) in [6.07, 6.45) is 2.24. The van der Waals surface area contributed by atoms with Crippen molar-refractivity contribution in [3.05, 3.63) is 53.6 Å². The third-order valence-electron chi connectivity index (χ3n) is 5.56. The van der Waals surface area contributed by atoms with Gasteiger partial charge in [0.25, 0.3) is 6.47 Å². The number of nitrogens with one attached hydrogen (secondary N) is 1. The molecule has 1 aliphatic carbocycles. The fraction of sp³-hybridized carbons (Fsp3) is 0.391. The van der Waals surface area contributed by atoms with E-state index >= 15 is 0 Å². The van der Waals surface area contributed by atoms with Gasteiger partial charge in [0.1, 0.15) is 11.9 Å². The average Bonchev–Trinajstić information content (AvgIpc) is 3.05. The Balaban J connectivity index is 1.80. The van der Waals surface area contributed by atoms with Crippen LogP contribution >= 0.6 is 0 Å². The van der Waals surface area contributed by atoms with Gasteiger partial charge in [0.05, 0.1) is 19.0 Å². The molecule has 0 spiro atoms. The van der Waals surface area contributed by atoms with Crippen molar-refractivity contribution in [2.24, 2.45) is 5.73 Å². The lowest BCUT2D eigenvalue weighted by molar-refractivity contribution is -0.136. The number of rotatable bonds is 10. The van der Waals surface area contributed by atoms with Crippen molar-refractivity contribution in [2.75, 3.05) is 7.11 Å². The molecule has 0 heterocycles. The minimum atomic E-state index is -0.594. The van der Waals surface area contributed by atoms with Gasteiger partial charge >= 0.3 is 0 Å². The second kappa shape index (κ2) is 9.56. The predicted molar refractivity (Wildman–Crippen MR) is 112 cm³/mol. The second-order valence-electron chi connectivity index (χ2n) is 7.48. The van der Waals surface area contributed by atoms with Crippen molar-refractivity contribution in [1.29, 1.82) is 5.41 Å². The van der Waals surface area contributed by atoms with E-state index in [0.29, 0.717) is 25.7 Å². The highest BCUT2D eigenvalue weighted by molar-refractivity contribution is 5.76. The number of hydrogen-bond donors (Lipinski definition) is 3. The second-order valence-corrected chi connectivity index (χ2v) is 7.48. The Kier molecular flexibility index (Phi) is 6.88. The molecule has 0 amide bonds. The maximum atomic E-state index is 11.1. The summed E-state index contributed by atoms with van der Waals surface area (Å²) in [5, 5.41) is 18.0. The molecule has 0 saturated carbocycles. The number of carbonyl (C=O) groups excluding carboxylic acids is 1. The zero-order valence-corrected chi connectivity index (χ0v) is 16.6. The molecule has 6 nitrogen and oxygen atoms in total. The smallest absolute Gasteiger partial charge is 0.293 e. The van der Waals surface area contributed by atoms with Gasteiger partial charge in [-0.1, -0.05) is 30.3 Å². The lowest BCUT2D eigenvalue weighted by Crippen LogP contribution is -2.29. The molecule has 6 heteroatoms. The van der Waals surface area contributed by atoms with E-state index in [-0.39, 0.29) is 11.8 Å². The van der Waals surface area contributed by atoms with Crippen LogP contribution in [0.3, 0.4) is 0 Å². The highest BCUT2D eigenvalue weighted by Crippen LogP contribution is 2.40. The Morgan fingerprint density at radius 2 is 2.07 bits per heavy atom. The molecule has 0 aliphatic heterocycles. The monoisotopic (exact) mass is 396 g/mol. The van der Waals surface area contributed by atoms with E-state index in [4.69, 9.17) is 20.6 Å². The molecular weight excluding hydrogens is 368 g/mol. The zero-order valence-electron chi connectivity index (χ0n) is 16.6. The van der Waals surface area contributed by atoms with Crippen LogP contribution in [0, 0.1) is 5.41 Å². The molecular formula is C23H28N2O4. The van der Waals surface area contributed by atoms with E-state index in [0.717, 1.165) is 40.8 Å². The molecule has 0 radical (unpaired) electrons. The van der Waals surface area contributed by atoms with Crippen LogP contribution in [0.4, 0.5) is 0 Å². The maximum absolute atomic E-state index is 11.1. The summed E-state index contributed by atoms with van der Waals surface area (Å²) in [6, 6.07) is 14.0. The van der Waals surface area contributed by atoms with Crippen LogP contribution in [-0.2, 0) is 16.0 Å². The largest absolute Gasteiger partial charge is 0.497 e. The summed E-state index contributed by atoms with van der Waals surface area (Å²) in [7, 11) is 1.65. The van der Waals surface area contributed by atoms with Crippen molar-refractivity contribution in [3.63, 3.8) is 0 Å². The van der Waals surface area contributed by atoms with Crippen LogP contribution in [0.15, 0.2) is 42.5 Å². The lowest BCUT2D eigenvalue weighted by Gasteiger charge is -2.25. The van der Waals surface area contributed by atoms with Crippen LogP contribution in [0.1, 0.15) is 42.7 Å². The number of fused-ring (bicyclic) bond motifs is 1. The normalized spacial score (nSPS) is 18.7. The summed E-state index contributed by atoms with van der Waals surface area (Å²) in [5.41, 5.74) is 9.62. The highest BCUT2D eigenvalue weighted by Gasteiger charge is 2.38. The number of benzene rings is 2. The molecule has 2 aromatic rings. The molecule has 3 unspecified atom stereocenters. The summed E-state index contributed by atoms with van der Waals surface area (Å²) in [6.45, 7) is 0.463. The minimum Gasteiger partial charge on any atom is -0.497 e. The summed E-state index contributed by atoms with van der Waals surface area (Å²) < 4.78 is 10.7. The number of nitrogens with two attached hydrogens (primary N) is 1. The standard InChI is InChI=1S/C23H28N2O4/c1-28-18-6-4-5-15(12-18)16-9-10-19-17(11-16)13-20(27)23(19)21(29-14-26)7-2-3-8-22(24)25/h4-6,9-12,14,20-21,23,27H,2-3,7-8,13H2,1H3,(H3,24,25). The molecule has 0 fully saturated rings. The van der Waals surface area contributed by atoms with Crippen LogP contribution in [-0.4, -0.2) is 36.7 Å². The molecule has 3 atom stereocenters. The first-order chi connectivity index (χ1) is 14.0. The first-order valence-electron chi connectivity index (χ1n) is 9.90. The van der Waals surface area contributed by atoms with Gasteiger partial charge in [-0.15, -0.1) is 0 Å². The lowest BCUT2D eigenvalue weighted by atomic mass is 9.89. The first-order valence-corrected chi connectivity index (χ1v) is 9.90. The van der Waals surface area contributed by atoms with Crippen LogP contribution in [0.5, 0.6) is 5.75 Å². The van der Waals surface area contributed by atoms with E-state index in [1.54, 1.807) is 7.11 Å². The molecule has 0 aromatic heterocycles. The van der Waals surface area contributed by atoms with Crippen LogP contribution in [0.2, 0.25) is 0 Å². The van der Waals surface area contributed by atoms with Gasteiger partial charge in [-0.05, 0) is 60.1 Å². The Labute approximate surface area is 171 Å². The van der Waals surface area contributed by atoms with Gasteiger partial charge in [-0.3, -0.25) is 10.2 Å². The third kappa shape index (κ3) is 4.95.